The predicted octanol–water partition coefficient (Wildman–Crippen LogP) is 1.74. The Bertz CT molecular complexity index is 516. The molecule has 2 N–H and O–H groups in total. The molecule has 0 aliphatic carbocycles. The molecule has 0 saturated carbocycles. The first kappa shape index (κ1) is 14.4. The number of amides is 1. The molecule has 114 valence electrons. The summed E-state index contributed by atoms with van der Waals surface area (Å²) in [5.41, 5.74) is 7.45. The Balaban J connectivity index is 1.63. The molecule has 2 aliphatic rings. The van der Waals surface area contributed by atoms with Crippen LogP contribution in [0.25, 0.3) is 0 Å². The molecule has 1 aromatic carbocycles. The number of benzene rings is 1. The van der Waals surface area contributed by atoms with E-state index in [2.05, 4.69) is 0 Å². The van der Waals surface area contributed by atoms with Gasteiger partial charge in [0, 0.05) is 31.6 Å². The van der Waals surface area contributed by atoms with E-state index >= 15 is 0 Å². The van der Waals surface area contributed by atoms with Crippen molar-refractivity contribution in [2.24, 2.45) is 0 Å². The van der Waals surface area contributed by atoms with Gasteiger partial charge in [0.25, 0.3) is 0 Å². The van der Waals surface area contributed by atoms with Gasteiger partial charge in [-0.15, -0.1) is 0 Å². The van der Waals surface area contributed by atoms with Crippen LogP contribution in [0.5, 0.6) is 0 Å². The van der Waals surface area contributed by atoms with Crippen LogP contribution in [0.15, 0.2) is 24.3 Å². The Labute approximate surface area is 125 Å². The Morgan fingerprint density at radius 3 is 2.57 bits per heavy atom. The minimum absolute atomic E-state index is 0.147. The monoisotopic (exact) mass is 290 g/mol. The summed E-state index contributed by atoms with van der Waals surface area (Å²) < 4.78 is 11.4. The van der Waals surface area contributed by atoms with Gasteiger partial charge in [-0.2, -0.15) is 0 Å². The Morgan fingerprint density at radius 1 is 1.29 bits per heavy atom. The zero-order valence-corrected chi connectivity index (χ0v) is 12.4. The van der Waals surface area contributed by atoms with Crippen molar-refractivity contribution in [1.29, 1.82) is 0 Å². The van der Waals surface area contributed by atoms with Crippen LogP contribution >= 0.6 is 0 Å². The largest absolute Gasteiger partial charge is 0.399 e. The molecular formula is C16H22N2O3. The number of likely N-dealkylation sites (tertiary alicyclic amines) is 1. The molecule has 5 heteroatoms. The van der Waals surface area contributed by atoms with Gasteiger partial charge < -0.3 is 20.1 Å². The first-order chi connectivity index (χ1) is 10.1. The summed E-state index contributed by atoms with van der Waals surface area (Å²) in [5, 5.41) is 0. The average Bonchev–Trinajstić information content (AvgIpc) is 2.95. The SMILES string of the molecule is CC(C(=O)N1CCC2(CC1)OCCO2)c1cccc(N)c1. The van der Waals surface area contributed by atoms with Gasteiger partial charge in [-0.05, 0) is 24.6 Å². The van der Waals surface area contributed by atoms with Crippen LogP contribution in [-0.2, 0) is 14.3 Å². The van der Waals surface area contributed by atoms with Gasteiger partial charge in [-0.25, -0.2) is 0 Å². The van der Waals surface area contributed by atoms with Crippen molar-refractivity contribution in [3.8, 4) is 0 Å². The van der Waals surface area contributed by atoms with E-state index in [0.29, 0.717) is 32.0 Å². The van der Waals surface area contributed by atoms with Crippen molar-refractivity contribution in [3.05, 3.63) is 29.8 Å². The molecular weight excluding hydrogens is 268 g/mol. The highest BCUT2D eigenvalue weighted by molar-refractivity contribution is 5.83. The fourth-order valence-corrected chi connectivity index (χ4v) is 3.10. The van der Waals surface area contributed by atoms with E-state index in [0.717, 1.165) is 18.4 Å². The molecule has 21 heavy (non-hydrogen) atoms. The number of nitrogens with zero attached hydrogens (tertiary/aromatic N) is 1. The maximum atomic E-state index is 12.6. The van der Waals surface area contributed by atoms with E-state index < -0.39 is 5.79 Å². The number of hydrogen-bond acceptors (Lipinski definition) is 4. The molecule has 0 aromatic heterocycles. The van der Waals surface area contributed by atoms with E-state index in [1.165, 1.54) is 0 Å². The Hall–Kier alpha value is -1.59. The molecule has 1 amide bonds. The van der Waals surface area contributed by atoms with Gasteiger partial charge in [0.15, 0.2) is 5.79 Å². The number of carbonyl (C=O) groups is 1. The first-order valence-electron chi connectivity index (χ1n) is 7.52. The van der Waals surface area contributed by atoms with Crippen molar-refractivity contribution in [1.82, 2.24) is 4.90 Å². The predicted molar refractivity (Wildman–Crippen MR) is 79.7 cm³/mol. The smallest absolute Gasteiger partial charge is 0.229 e. The lowest BCUT2D eigenvalue weighted by Gasteiger charge is -2.38. The second-order valence-electron chi connectivity index (χ2n) is 5.82. The molecule has 1 aromatic rings. The van der Waals surface area contributed by atoms with Gasteiger partial charge in [0.05, 0.1) is 19.1 Å². The van der Waals surface area contributed by atoms with Crippen LogP contribution < -0.4 is 5.73 Å². The summed E-state index contributed by atoms with van der Waals surface area (Å²) >= 11 is 0. The third-order valence-electron chi connectivity index (χ3n) is 4.43. The maximum absolute atomic E-state index is 12.6. The number of anilines is 1. The zero-order valence-electron chi connectivity index (χ0n) is 12.4. The molecule has 3 rings (SSSR count). The molecule has 5 nitrogen and oxygen atoms in total. The second-order valence-corrected chi connectivity index (χ2v) is 5.82. The molecule has 1 atom stereocenters. The number of rotatable bonds is 2. The highest BCUT2D eigenvalue weighted by atomic mass is 16.7. The average molecular weight is 290 g/mol. The molecule has 2 saturated heterocycles. The zero-order chi connectivity index (χ0) is 14.9. The number of nitrogen functional groups attached to an aromatic ring is 1. The Morgan fingerprint density at radius 2 is 1.95 bits per heavy atom. The lowest BCUT2D eigenvalue weighted by atomic mass is 9.96. The molecule has 2 heterocycles. The topological polar surface area (TPSA) is 64.8 Å². The van der Waals surface area contributed by atoms with E-state index in [-0.39, 0.29) is 11.8 Å². The molecule has 2 fully saturated rings. The van der Waals surface area contributed by atoms with Crippen LogP contribution in [-0.4, -0.2) is 42.9 Å². The van der Waals surface area contributed by atoms with Crippen LogP contribution in [0, 0.1) is 0 Å². The lowest BCUT2D eigenvalue weighted by Crippen LogP contribution is -2.48. The van der Waals surface area contributed by atoms with Crippen LogP contribution in [0.4, 0.5) is 5.69 Å². The van der Waals surface area contributed by atoms with Crippen molar-refractivity contribution >= 4 is 11.6 Å². The third kappa shape index (κ3) is 2.89. The Kier molecular flexibility index (Phi) is 3.87. The molecule has 2 aliphatic heterocycles. The highest BCUT2D eigenvalue weighted by Crippen LogP contribution is 2.32. The summed E-state index contributed by atoms with van der Waals surface area (Å²) in [4.78, 5) is 14.5. The van der Waals surface area contributed by atoms with Crippen molar-refractivity contribution < 1.29 is 14.3 Å². The summed E-state index contributed by atoms with van der Waals surface area (Å²) in [7, 11) is 0. The molecule has 0 bridgehead atoms. The normalized spacial score (nSPS) is 22.4. The van der Waals surface area contributed by atoms with Gasteiger partial charge >= 0.3 is 0 Å². The lowest BCUT2D eigenvalue weighted by molar-refractivity contribution is -0.187. The highest BCUT2D eigenvalue weighted by Gasteiger charge is 2.41. The van der Waals surface area contributed by atoms with Crippen LogP contribution in [0.1, 0.15) is 31.2 Å². The number of nitrogens with two attached hydrogens (primary N) is 1. The number of hydrogen-bond donors (Lipinski definition) is 1. The van der Waals surface area contributed by atoms with Crippen molar-refractivity contribution in [2.45, 2.75) is 31.5 Å². The molecule has 1 unspecified atom stereocenters. The fourth-order valence-electron chi connectivity index (χ4n) is 3.10. The molecule has 0 radical (unpaired) electrons. The summed E-state index contributed by atoms with van der Waals surface area (Å²) in [6, 6.07) is 7.55. The van der Waals surface area contributed by atoms with Crippen molar-refractivity contribution in [2.75, 3.05) is 32.0 Å². The van der Waals surface area contributed by atoms with Crippen LogP contribution in [0.3, 0.4) is 0 Å². The quantitative estimate of drug-likeness (QED) is 0.843. The van der Waals surface area contributed by atoms with Gasteiger partial charge in [0.2, 0.25) is 5.91 Å². The van der Waals surface area contributed by atoms with E-state index in [9.17, 15) is 4.79 Å². The summed E-state index contributed by atoms with van der Waals surface area (Å²) in [6.07, 6.45) is 1.50. The second kappa shape index (κ2) is 5.66. The first-order valence-corrected chi connectivity index (χ1v) is 7.52. The van der Waals surface area contributed by atoms with Crippen molar-refractivity contribution in [3.63, 3.8) is 0 Å². The number of ether oxygens (including phenoxy) is 2. The van der Waals surface area contributed by atoms with Gasteiger partial charge in [0.1, 0.15) is 0 Å². The standard InChI is InChI=1S/C16H22N2O3/c1-12(13-3-2-4-14(17)11-13)15(19)18-7-5-16(6-8-18)20-9-10-21-16/h2-4,11-12H,5-10,17H2,1H3. The number of piperidine rings is 1. The van der Waals surface area contributed by atoms with E-state index in [4.69, 9.17) is 15.2 Å². The molecule has 1 spiro atoms. The van der Waals surface area contributed by atoms with E-state index in [1.807, 2.05) is 36.1 Å². The van der Waals surface area contributed by atoms with Gasteiger partial charge in [-0.3, -0.25) is 4.79 Å². The minimum atomic E-state index is -0.433. The minimum Gasteiger partial charge on any atom is -0.399 e. The maximum Gasteiger partial charge on any atom is 0.229 e. The summed E-state index contributed by atoms with van der Waals surface area (Å²) in [5.74, 6) is -0.460. The fraction of sp³-hybridized carbons (Fsp3) is 0.562. The third-order valence-corrected chi connectivity index (χ3v) is 4.43. The summed E-state index contributed by atoms with van der Waals surface area (Å²) in [6.45, 7) is 4.63. The van der Waals surface area contributed by atoms with Crippen LogP contribution in [0.2, 0.25) is 0 Å². The van der Waals surface area contributed by atoms with E-state index in [1.54, 1.807) is 0 Å². The number of carbonyl (C=O) groups excluding carboxylic acids is 1. The van der Waals surface area contributed by atoms with Gasteiger partial charge in [-0.1, -0.05) is 12.1 Å².